The molecule has 21 heavy (non-hydrogen) atoms. The number of hydrogen-bond donors (Lipinski definition) is 1. The maximum atomic E-state index is 14.3. The van der Waals surface area contributed by atoms with Gasteiger partial charge in [-0.25, -0.2) is 4.39 Å². The minimum atomic E-state index is -0.172. The Morgan fingerprint density at radius 3 is 2.76 bits per heavy atom. The van der Waals surface area contributed by atoms with E-state index in [0.717, 1.165) is 16.9 Å². The van der Waals surface area contributed by atoms with Gasteiger partial charge in [-0.05, 0) is 37.5 Å². The van der Waals surface area contributed by atoms with Crippen molar-refractivity contribution in [1.82, 2.24) is 5.32 Å². The summed E-state index contributed by atoms with van der Waals surface area (Å²) in [6.07, 6.45) is 4.14. The van der Waals surface area contributed by atoms with Crippen LogP contribution in [0.1, 0.15) is 29.7 Å². The fraction of sp³-hybridized carbons (Fsp3) is 0.412. The van der Waals surface area contributed by atoms with Crippen LogP contribution in [0.15, 0.2) is 34.9 Å². The highest BCUT2D eigenvalue weighted by Gasteiger charge is 2.21. The Balaban J connectivity index is 1.79. The molecule has 4 heteroatoms. The Kier molecular flexibility index (Phi) is 3.97. The number of halogens is 1. The average molecular weight is 288 g/mol. The standard InChI is InChI=1S/C17H21FN2O/c1-12-14(8-9-21-12)11-20(2)17-13(4-3-5-16(17)18)10-19-15-6-7-15/h3-5,8-9,15,19H,6-7,10-11H2,1-2H3. The quantitative estimate of drug-likeness (QED) is 0.880. The van der Waals surface area contributed by atoms with Crippen molar-refractivity contribution >= 4 is 5.69 Å². The molecule has 0 radical (unpaired) electrons. The molecule has 0 spiro atoms. The fourth-order valence-electron chi connectivity index (χ4n) is 2.58. The van der Waals surface area contributed by atoms with E-state index in [2.05, 4.69) is 5.32 Å². The van der Waals surface area contributed by atoms with Crippen LogP contribution in [0.2, 0.25) is 0 Å². The zero-order valence-electron chi connectivity index (χ0n) is 12.5. The van der Waals surface area contributed by atoms with E-state index in [-0.39, 0.29) is 5.82 Å². The second-order valence-electron chi connectivity index (χ2n) is 5.76. The normalized spacial score (nSPS) is 14.4. The summed E-state index contributed by atoms with van der Waals surface area (Å²) < 4.78 is 19.6. The molecule has 0 bridgehead atoms. The smallest absolute Gasteiger partial charge is 0.146 e. The molecular formula is C17H21FN2O. The van der Waals surface area contributed by atoms with E-state index in [1.165, 1.54) is 18.9 Å². The molecule has 0 unspecified atom stereocenters. The molecule has 1 saturated carbocycles. The molecule has 2 aromatic rings. The summed E-state index contributed by atoms with van der Waals surface area (Å²) >= 11 is 0. The van der Waals surface area contributed by atoms with Crippen molar-refractivity contribution in [2.75, 3.05) is 11.9 Å². The summed E-state index contributed by atoms with van der Waals surface area (Å²) in [6.45, 7) is 3.28. The second-order valence-corrected chi connectivity index (χ2v) is 5.76. The van der Waals surface area contributed by atoms with E-state index in [4.69, 9.17) is 4.42 Å². The Morgan fingerprint density at radius 1 is 1.29 bits per heavy atom. The average Bonchev–Trinajstić information content (AvgIpc) is 3.20. The maximum Gasteiger partial charge on any atom is 0.146 e. The van der Waals surface area contributed by atoms with Crippen LogP contribution in [-0.4, -0.2) is 13.1 Å². The van der Waals surface area contributed by atoms with E-state index in [9.17, 15) is 4.39 Å². The van der Waals surface area contributed by atoms with Crippen molar-refractivity contribution < 1.29 is 8.81 Å². The number of aryl methyl sites for hydroxylation is 1. The summed E-state index contributed by atoms with van der Waals surface area (Å²) in [4.78, 5) is 1.96. The van der Waals surface area contributed by atoms with Crippen molar-refractivity contribution in [3.05, 3.63) is 53.2 Å². The van der Waals surface area contributed by atoms with Gasteiger partial charge in [-0.1, -0.05) is 12.1 Å². The Bertz CT molecular complexity index is 619. The zero-order chi connectivity index (χ0) is 14.8. The molecule has 0 amide bonds. The number of benzene rings is 1. The summed E-state index contributed by atoms with van der Waals surface area (Å²) in [5, 5.41) is 3.45. The summed E-state index contributed by atoms with van der Waals surface area (Å²) in [5.41, 5.74) is 2.76. The van der Waals surface area contributed by atoms with Crippen LogP contribution < -0.4 is 10.2 Å². The molecule has 3 rings (SSSR count). The molecule has 1 aliphatic rings. The molecule has 0 atom stereocenters. The van der Waals surface area contributed by atoms with Gasteiger partial charge in [-0.15, -0.1) is 0 Å². The summed E-state index contributed by atoms with van der Waals surface area (Å²) in [7, 11) is 1.92. The first-order chi connectivity index (χ1) is 10.1. The number of hydrogen-bond acceptors (Lipinski definition) is 3. The summed E-state index contributed by atoms with van der Waals surface area (Å²) in [5.74, 6) is 0.713. The van der Waals surface area contributed by atoms with Crippen LogP contribution in [0.4, 0.5) is 10.1 Å². The second kappa shape index (κ2) is 5.90. The minimum Gasteiger partial charge on any atom is -0.469 e. The van der Waals surface area contributed by atoms with E-state index in [1.807, 2.05) is 31.0 Å². The van der Waals surface area contributed by atoms with Gasteiger partial charge in [-0.2, -0.15) is 0 Å². The minimum absolute atomic E-state index is 0.172. The highest BCUT2D eigenvalue weighted by Crippen LogP contribution is 2.27. The highest BCUT2D eigenvalue weighted by molar-refractivity contribution is 5.54. The van der Waals surface area contributed by atoms with Gasteiger partial charge < -0.3 is 14.6 Å². The number of anilines is 1. The predicted molar refractivity (Wildman–Crippen MR) is 81.8 cm³/mol. The summed E-state index contributed by atoms with van der Waals surface area (Å²) in [6, 6.07) is 7.85. The number of rotatable bonds is 6. The molecule has 112 valence electrons. The van der Waals surface area contributed by atoms with Gasteiger partial charge in [0.15, 0.2) is 0 Å². The van der Waals surface area contributed by atoms with Crippen LogP contribution in [0, 0.1) is 12.7 Å². The van der Waals surface area contributed by atoms with Gasteiger partial charge in [0.2, 0.25) is 0 Å². The van der Waals surface area contributed by atoms with E-state index in [1.54, 1.807) is 12.3 Å². The maximum absolute atomic E-state index is 14.3. The van der Waals surface area contributed by atoms with Crippen LogP contribution >= 0.6 is 0 Å². The van der Waals surface area contributed by atoms with Crippen molar-refractivity contribution in [2.24, 2.45) is 0 Å². The van der Waals surface area contributed by atoms with Crippen LogP contribution in [-0.2, 0) is 13.1 Å². The molecule has 1 N–H and O–H groups in total. The Morgan fingerprint density at radius 2 is 2.10 bits per heavy atom. The largest absolute Gasteiger partial charge is 0.469 e. The monoisotopic (exact) mass is 288 g/mol. The van der Waals surface area contributed by atoms with Gasteiger partial charge in [0.1, 0.15) is 11.6 Å². The third-order valence-electron chi connectivity index (χ3n) is 3.98. The highest BCUT2D eigenvalue weighted by atomic mass is 19.1. The van der Waals surface area contributed by atoms with Gasteiger partial charge >= 0.3 is 0 Å². The molecule has 1 aromatic heterocycles. The van der Waals surface area contributed by atoms with Gasteiger partial charge in [0, 0.05) is 31.7 Å². The number of para-hydroxylation sites is 1. The van der Waals surface area contributed by atoms with Crippen molar-refractivity contribution in [1.29, 1.82) is 0 Å². The van der Waals surface area contributed by atoms with Crippen molar-refractivity contribution in [3.8, 4) is 0 Å². The third kappa shape index (κ3) is 3.27. The zero-order valence-corrected chi connectivity index (χ0v) is 12.5. The van der Waals surface area contributed by atoms with E-state index in [0.29, 0.717) is 24.8 Å². The predicted octanol–water partition coefficient (Wildman–Crippen LogP) is 3.62. The number of furan rings is 1. The number of nitrogens with zero attached hydrogens (tertiary/aromatic N) is 1. The van der Waals surface area contributed by atoms with Crippen LogP contribution in [0.5, 0.6) is 0 Å². The van der Waals surface area contributed by atoms with Crippen molar-refractivity contribution in [3.63, 3.8) is 0 Å². The lowest BCUT2D eigenvalue weighted by Gasteiger charge is -2.23. The third-order valence-corrected chi connectivity index (χ3v) is 3.98. The van der Waals surface area contributed by atoms with E-state index >= 15 is 0 Å². The SMILES string of the molecule is Cc1occc1CN(C)c1c(F)cccc1CNC1CC1. The molecule has 1 heterocycles. The molecular weight excluding hydrogens is 267 g/mol. The lowest BCUT2D eigenvalue weighted by atomic mass is 10.1. The van der Waals surface area contributed by atoms with Crippen LogP contribution in [0.25, 0.3) is 0 Å². The molecule has 1 fully saturated rings. The molecule has 0 saturated heterocycles. The van der Waals surface area contributed by atoms with Crippen molar-refractivity contribution in [2.45, 2.75) is 38.9 Å². The molecule has 0 aliphatic heterocycles. The number of nitrogens with one attached hydrogen (secondary N) is 1. The first-order valence-corrected chi connectivity index (χ1v) is 7.40. The lowest BCUT2D eigenvalue weighted by molar-refractivity contribution is 0.529. The first-order valence-electron chi connectivity index (χ1n) is 7.40. The van der Waals surface area contributed by atoms with Crippen LogP contribution in [0.3, 0.4) is 0 Å². The fourth-order valence-corrected chi connectivity index (χ4v) is 2.58. The Labute approximate surface area is 124 Å². The van der Waals surface area contributed by atoms with Gasteiger partial charge in [0.25, 0.3) is 0 Å². The molecule has 1 aromatic carbocycles. The molecule has 3 nitrogen and oxygen atoms in total. The molecule has 1 aliphatic carbocycles. The topological polar surface area (TPSA) is 28.4 Å². The first kappa shape index (κ1) is 14.1. The Hall–Kier alpha value is -1.81. The lowest BCUT2D eigenvalue weighted by Crippen LogP contribution is -2.23. The van der Waals surface area contributed by atoms with Gasteiger partial charge in [-0.3, -0.25) is 0 Å². The van der Waals surface area contributed by atoms with E-state index < -0.39 is 0 Å². The van der Waals surface area contributed by atoms with Gasteiger partial charge in [0.05, 0.1) is 12.0 Å².